The Balaban J connectivity index is 1.77. The number of hydrogen-bond acceptors (Lipinski definition) is 5. The monoisotopic (exact) mass is 409 g/mol. The van der Waals surface area contributed by atoms with Gasteiger partial charge in [-0.25, -0.2) is 4.98 Å². The number of nitrogens with zero attached hydrogens (tertiary/aromatic N) is 2. The van der Waals surface area contributed by atoms with E-state index in [1.165, 1.54) is 6.07 Å². The number of amides is 2. The molecule has 0 aliphatic heterocycles. The predicted molar refractivity (Wildman–Crippen MR) is 106 cm³/mol. The van der Waals surface area contributed by atoms with Crippen LogP contribution < -0.4 is 15.8 Å². The van der Waals surface area contributed by atoms with Gasteiger partial charge in [-0.2, -0.15) is 5.26 Å². The average Bonchev–Trinajstić information content (AvgIpc) is 3.25. The van der Waals surface area contributed by atoms with E-state index in [-0.39, 0.29) is 19.1 Å². The number of nitriles is 1. The largest absolute Gasteiger partial charge is 0.483 e. The Bertz CT molecular complexity index is 1090. The molecule has 146 valence electrons. The zero-order valence-electron chi connectivity index (χ0n) is 15.1. The molecule has 1 heterocycles. The third-order valence-corrected chi connectivity index (χ3v) is 4.16. The zero-order chi connectivity index (χ0) is 20.8. The van der Waals surface area contributed by atoms with Crippen molar-refractivity contribution in [3.05, 3.63) is 70.5 Å². The predicted octanol–water partition coefficient (Wildman–Crippen LogP) is 2.40. The number of aromatic amines is 1. The van der Waals surface area contributed by atoms with Crippen LogP contribution in [0.5, 0.6) is 5.75 Å². The Kier molecular flexibility index (Phi) is 6.12. The van der Waals surface area contributed by atoms with Gasteiger partial charge >= 0.3 is 0 Å². The van der Waals surface area contributed by atoms with Crippen molar-refractivity contribution in [1.29, 1.82) is 5.26 Å². The van der Waals surface area contributed by atoms with E-state index in [4.69, 9.17) is 27.3 Å². The van der Waals surface area contributed by atoms with Crippen molar-refractivity contribution in [3.8, 4) is 23.2 Å². The fraction of sp³-hybridized carbons (Fsp3) is 0.100. The van der Waals surface area contributed by atoms with Crippen molar-refractivity contribution in [3.63, 3.8) is 0 Å². The molecule has 0 spiro atoms. The van der Waals surface area contributed by atoms with Gasteiger partial charge < -0.3 is 20.8 Å². The second kappa shape index (κ2) is 8.91. The third kappa shape index (κ3) is 5.12. The quantitative estimate of drug-likeness (QED) is 0.550. The van der Waals surface area contributed by atoms with E-state index in [9.17, 15) is 9.59 Å². The summed E-state index contributed by atoms with van der Waals surface area (Å²) in [6, 6.07) is 11.6. The first-order valence-electron chi connectivity index (χ1n) is 8.49. The van der Waals surface area contributed by atoms with E-state index in [1.54, 1.807) is 42.7 Å². The molecule has 8 nitrogen and oxygen atoms in total. The van der Waals surface area contributed by atoms with Gasteiger partial charge in [-0.05, 0) is 30.3 Å². The van der Waals surface area contributed by atoms with Gasteiger partial charge in [-0.1, -0.05) is 17.7 Å². The van der Waals surface area contributed by atoms with Gasteiger partial charge in [0.05, 0.1) is 11.6 Å². The number of halogens is 1. The lowest BCUT2D eigenvalue weighted by Gasteiger charge is -2.12. The second-order valence-electron chi connectivity index (χ2n) is 6.04. The lowest BCUT2D eigenvalue weighted by Crippen LogP contribution is -2.24. The van der Waals surface area contributed by atoms with Crippen molar-refractivity contribution in [2.75, 3.05) is 6.61 Å². The number of primary amides is 1. The maximum absolute atomic E-state index is 12.6. The van der Waals surface area contributed by atoms with Crippen molar-refractivity contribution in [2.45, 2.75) is 6.54 Å². The van der Waals surface area contributed by atoms with Crippen LogP contribution in [0.1, 0.15) is 21.5 Å². The number of nitrogens with one attached hydrogen (secondary N) is 2. The number of rotatable bonds is 7. The molecule has 0 aliphatic rings. The number of H-pyrrole nitrogens is 1. The van der Waals surface area contributed by atoms with Crippen molar-refractivity contribution in [2.24, 2.45) is 5.73 Å². The van der Waals surface area contributed by atoms with Gasteiger partial charge in [-0.15, -0.1) is 0 Å². The molecule has 0 saturated carbocycles. The first-order chi connectivity index (χ1) is 14.0. The molecule has 1 aromatic heterocycles. The molecule has 0 bridgehead atoms. The maximum atomic E-state index is 12.6. The average molecular weight is 410 g/mol. The maximum Gasteiger partial charge on any atom is 0.255 e. The Morgan fingerprint density at radius 3 is 2.79 bits per heavy atom. The number of carbonyl (C=O) groups is 2. The van der Waals surface area contributed by atoms with Crippen LogP contribution >= 0.6 is 11.6 Å². The Labute approximate surface area is 171 Å². The lowest BCUT2D eigenvalue weighted by molar-refractivity contribution is -0.119. The van der Waals surface area contributed by atoms with Gasteiger partial charge in [0.25, 0.3) is 11.8 Å². The Hall–Kier alpha value is -3.83. The van der Waals surface area contributed by atoms with E-state index in [2.05, 4.69) is 15.3 Å². The number of hydrogen-bond donors (Lipinski definition) is 3. The second-order valence-corrected chi connectivity index (χ2v) is 6.47. The van der Waals surface area contributed by atoms with E-state index < -0.39 is 5.91 Å². The molecule has 0 fully saturated rings. The smallest absolute Gasteiger partial charge is 0.255 e. The van der Waals surface area contributed by atoms with E-state index in [0.717, 1.165) is 0 Å². The summed E-state index contributed by atoms with van der Waals surface area (Å²) in [5.74, 6) is -0.112. The van der Waals surface area contributed by atoms with Crippen LogP contribution in [0, 0.1) is 11.3 Å². The van der Waals surface area contributed by atoms with Gasteiger partial charge in [0, 0.05) is 40.7 Å². The van der Waals surface area contributed by atoms with Crippen LogP contribution in [-0.2, 0) is 11.3 Å². The highest BCUT2D eigenvalue weighted by Crippen LogP contribution is 2.23. The molecule has 0 radical (unpaired) electrons. The molecular weight excluding hydrogens is 394 g/mol. The van der Waals surface area contributed by atoms with Crippen molar-refractivity contribution >= 4 is 23.4 Å². The van der Waals surface area contributed by atoms with Crippen LogP contribution in [0.2, 0.25) is 5.02 Å². The third-order valence-electron chi connectivity index (χ3n) is 3.94. The lowest BCUT2D eigenvalue weighted by atomic mass is 10.1. The SMILES string of the molecule is N#Cc1ccc(CNC(=O)c2cc(Cl)cc(-c3ncc[nH]3)c2)c(OCC(N)=O)c1. The molecule has 29 heavy (non-hydrogen) atoms. The van der Waals surface area contributed by atoms with Crippen LogP contribution in [0.4, 0.5) is 0 Å². The van der Waals surface area contributed by atoms with Gasteiger partial charge in [0.2, 0.25) is 0 Å². The standard InChI is InChI=1S/C20H16ClN5O3/c21-16-7-14(19-24-3-4-25-19)6-15(8-16)20(28)26-10-13-2-1-12(9-22)5-17(13)29-11-18(23)27/h1-8H,10-11H2,(H2,23,27)(H,24,25)(H,26,28). The molecular formula is C20H16ClN5O3. The molecule has 0 saturated heterocycles. The number of ether oxygens (including phenoxy) is 1. The van der Waals surface area contributed by atoms with Gasteiger partial charge in [0.1, 0.15) is 11.6 Å². The van der Waals surface area contributed by atoms with Crippen LogP contribution in [-0.4, -0.2) is 28.4 Å². The summed E-state index contributed by atoms with van der Waals surface area (Å²) >= 11 is 6.14. The number of aromatic nitrogens is 2. The molecule has 2 amide bonds. The molecule has 3 aromatic rings. The fourth-order valence-electron chi connectivity index (χ4n) is 2.61. The molecule has 0 aliphatic carbocycles. The summed E-state index contributed by atoms with van der Waals surface area (Å²) in [6.45, 7) is -0.224. The summed E-state index contributed by atoms with van der Waals surface area (Å²) in [5, 5.41) is 12.2. The highest BCUT2D eigenvalue weighted by atomic mass is 35.5. The number of carbonyl (C=O) groups excluding carboxylic acids is 2. The minimum Gasteiger partial charge on any atom is -0.483 e. The molecule has 0 unspecified atom stereocenters. The Morgan fingerprint density at radius 2 is 2.10 bits per heavy atom. The number of nitrogens with two attached hydrogens (primary N) is 1. The zero-order valence-corrected chi connectivity index (χ0v) is 15.9. The summed E-state index contributed by atoms with van der Waals surface area (Å²) in [4.78, 5) is 30.7. The minimum atomic E-state index is -0.647. The molecule has 2 aromatic carbocycles. The van der Waals surface area contributed by atoms with Crippen molar-refractivity contribution in [1.82, 2.24) is 15.3 Å². The molecule has 3 rings (SSSR count). The molecule has 9 heteroatoms. The van der Waals surface area contributed by atoms with Gasteiger partial charge in [-0.3, -0.25) is 9.59 Å². The summed E-state index contributed by atoms with van der Waals surface area (Å²) in [6.07, 6.45) is 3.28. The normalized spacial score (nSPS) is 10.2. The first kappa shape index (κ1) is 19.9. The molecule has 4 N–H and O–H groups in total. The topological polar surface area (TPSA) is 134 Å². The molecule has 0 atom stereocenters. The fourth-order valence-corrected chi connectivity index (χ4v) is 2.85. The summed E-state index contributed by atoms with van der Waals surface area (Å²) < 4.78 is 5.36. The summed E-state index contributed by atoms with van der Waals surface area (Å²) in [7, 11) is 0. The minimum absolute atomic E-state index is 0.112. The van der Waals surface area contributed by atoms with Crippen molar-refractivity contribution < 1.29 is 14.3 Å². The van der Waals surface area contributed by atoms with Crippen LogP contribution in [0.3, 0.4) is 0 Å². The van der Waals surface area contributed by atoms with E-state index in [1.807, 2.05) is 6.07 Å². The first-order valence-corrected chi connectivity index (χ1v) is 8.86. The van der Waals surface area contributed by atoms with Crippen LogP contribution in [0.25, 0.3) is 11.4 Å². The van der Waals surface area contributed by atoms with Gasteiger partial charge in [0.15, 0.2) is 6.61 Å². The van der Waals surface area contributed by atoms with E-state index in [0.29, 0.717) is 38.9 Å². The number of benzene rings is 2. The highest BCUT2D eigenvalue weighted by molar-refractivity contribution is 6.31. The van der Waals surface area contributed by atoms with Crippen LogP contribution in [0.15, 0.2) is 48.8 Å². The van der Waals surface area contributed by atoms with E-state index >= 15 is 0 Å². The Morgan fingerprint density at radius 1 is 1.28 bits per heavy atom. The highest BCUT2D eigenvalue weighted by Gasteiger charge is 2.13. The summed E-state index contributed by atoms with van der Waals surface area (Å²) in [5.41, 5.74) is 7.09. The number of imidazole rings is 1.